The van der Waals surface area contributed by atoms with Crippen LogP contribution in [0.4, 0.5) is 0 Å². The van der Waals surface area contributed by atoms with E-state index in [1.54, 1.807) is 0 Å². The number of sulfonamides is 1. The lowest BCUT2D eigenvalue weighted by atomic mass is 10.2. The van der Waals surface area contributed by atoms with E-state index < -0.39 is 10.0 Å². The van der Waals surface area contributed by atoms with E-state index in [-0.39, 0.29) is 27.1 Å². The third-order valence-corrected chi connectivity index (χ3v) is 6.27. The summed E-state index contributed by atoms with van der Waals surface area (Å²) in [4.78, 5) is 2.14. The summed E-state index contributed by atoms with van der Waals surface area (Å²) in [6, 6.07) is 2.72. The molecule has 24 heavy (non-hydrogen) atoms. The summed E-state index contributed by atoms with van der Waals surface area (Å²) in [7, 11) is -3.78. The molecule has 0 saturated carbocycles. The Kier molecular flexibility index (Phi) is 7.20. The van der Waals surface area contributed by atoms with Gasteiger partial charge in [-0.15, -0.1) is 0 Å². The van der Waals surface area contributed by atoms with Gasteiger partial charge in [0.1, 0.15) is 4.90 Å². The number of hydrogen-bond donors (Lipinski definition) is 1. The molecule has 0 bridgehead atoms. The molecular weight excluding hydrogens is 395 g/mol. The zero-order chi connectivity index (χ0) is 17.9. The van der Waals surface area contributed by atoms with Crippen LogP contribution in [0, 0.1) is 0 Å². The molecule has 1 saturated heterocycles. The fourth-order valence-corrected chi connectivity index (χ4v) is 5.45. The molecule has 1 heterocycles. The van der Waals surface area contributed by atoms with Crippen molar-refractivity contribution in [3.05, 3.63) is 27.2 Å². The number of nitrogens with zero attached hydrogens (tertiary/aromatic N) is 1. The Morgan fingerprint density at radius 1 is 1.17 bits per heavy atom. The van der Waals surface area contributed by atoms with Gasteiger partial charge in [-0.2, -0.15) is 0 Å². The molecule has 0 spiro atoms. The molecular formula is C15H21Cl3N2O3S. The van der Waals surface area contributed by atoms with Gasteiger partial charge in [-0.1, -0.05) is 34.8 Å². The highest BCUT2D eigenvalue weighted by Crippen LogP contribution is 2.32. The third-order valence-electron chi connectivity index (χ3n) is 3.67. The Hall–Kier alpha value is -0.0800. The van der Waals surface area contributed by atoms with Crippen LogP contribution in [-0.4, -0.2) is 51.7 Å². The van der Waals surface area contributed by atoms with Crippen molar-refractivity contribution >= 4 is 44.8 Å². The second-order valence-electron chi connectivity index (χ2n) is 5.97. The molecule has 0 aromatic heterocycles. The molecule has 136 valence electrons. The predicted molar refractivity (Wildman–Crippen MR) is 97.7 cm³/mol. The van der Waals surface area contributed by atoms with Crippen molar-refractivity contribution in [3.8, 4) is 0 Å². The monoisotopic (exact) mass is 414 g/mol. The zero-order valence-corrected chi connectivity index (χ0v) is 16.6. The largest absolute Gasteiger partial charge is 0.373 e. The van der Waals surface area contributed by atoms with Gasteiger partial charge in [-0.25, -0.2) is 13.1 Å². The van der Waals surface area contributed by atoms with Gasteiger partial charge in [-0.05, 0) is 38.9 Å². The number of morpholine rings is 1. The summed E-state index contributed by atoms with van der Waals surface area (Å²) in [5.74, 6) is 0. The predicted octanol–water partition coefficient (Wildman–Crippen LogP) is 3.42. The minimum atomic E-state index is -3.78. The van der Waals surface area contributed by atoms with Crippen LogP contribution >= 0.6 is 34.8 Å². The van der Waals surface area contributed by atoms with Crippen LogP contribution in [-0.2, 0) is 14.8 Å². The van der Waals surface area contributed by atoms with E-state index in [4.69, 9.17) is 39.5 Å². The Balaban J connectivity index is 1.90. The summed E-state index contributed by atoms with van der Waals surface area (Å²) < 4.78 is 33.0. The summed E-state index contributed by atoms with van der Waals surface area (Å²) in [6.45, 7) is 6.88. The van der Waals surface area contributed by atoms with Crippen molar-refractivity contribution in [1.82, 2.24) is 9.62 Å². The third kappa shape index (κ3) is 5.46. The van der Waals surface area contributed by atoms with Gasteiger partial charge in [-0.3, -0.25) is 4.90 Å². The van der Waals surface area contributed by atoms with Gasteiger partial charge in [0.05, 0.1) is 22.3 Å². The molecule has 0 aliphatic carbocycles. The van der Waals surface area contributed by atoms with Crippen molar-refractivity contribution in [3.63, 3.8) is 0 Å². The molecule has 1 aliphatic rings. The number of rotatable bonds is 6. The topological polar surface area (TPSA) is 58.6 Å². The molecule has 2 rings (SSSR count). The van der Waals surface area contributed by atoms with E-state index >= 15 is 0 Å². The van der Waals surface area contributed by atoms with Gasteiger partial charge in [0.15, 0.2) is 0 Å². The molecule has 1 aromatic rings. The molecule has 1 N–H and O–H groups in total. The highest BCUT2D eigenvalue weighted by molar-refractivity contribution is 7.89. The smallest absolute Gasteiger partial charge is 0.243 e. The zero-order valence-electron chi connectivity index (χ0n) is 13.6. The average Bonchev–Trinajstić information content (AvgIpc) is 2.41. The minimum Gasteiger partial charge on any atom is -0.373 e. The van der Waals surface area contributed by atoms with E-state index in [9.17, 15) is 8.42 Å². The Morgan fingerprint density at radius 2 is 1.71 bits per heavy atom. The highest BCUT2D eigenvalue weighted by Gasteiger charge is 2.23. The maximum absolute atomic E-state index is 12.4. The van der Waals surface area contributed by atoms with Gasteiger partial charge >= 0.3 is 0 Å². The fraction of sp³-hybridized carbons (Fsp3) is 0.600. The summed E-state index contributed by atoms with van der Waals surface area (Å²) in [5, 5.41) is 0.311. The Morgan fingerprint density at radius 3 is 2.25 bits per heavy atom. The molecule has 1 aliphatic heterocycles. The van der Waals surface area contributed by atoms with Crippen molar-refractivity contribution in [2.24, 2.45) is 0 Å². The van der Waals surface area contributed by atoms with Gasteiger partial charge < -0.3 is 4.74 Å². The maximum atomic E-state index is 12.4. The summed E-state index contributed by atoms with van der Waals surface area (Å²) in [5.41, 5.74) is 0. The molecule has 5 nitrogen and oxygen atoms in total. The summed E-state index contributed by atoms with van der Waals surface area (Å²) >= 11 is 17.8. The number of hydrogen-bond acceptors (Lipinski definition) is 4. The molecule has 0 amide bonds. The molecule has 1 fully saturated rings. The van der Waals surface area contributed by atoms with Crippen LogP contribution in [0.25, 0.3) is 0 Å². The first kappa shape index (κ1) is 20.2. The second-order valence-corrected chi connectivity index (χ2v) is 8.92. The first-order valence-electron chi connectivity index (χ1n) is 7.71. The number of ether oxygens (including phenoxy) is 1. The number of halogens is 3. The SMILES string of the molecule is CC1CN(CCCNS(=O)(=O)c2c(Cl)cc(Cl)cc2Cl)CC(C)O1. The van der Waals surface area contributed by atoms with Crippen LogP contribution in [0.5, 0.6) is 0 Å². The first-order chi connectivity index (χ1) is 11.2. The molecule has 1 aromatic carbocycles. The van der Waals surface area contributed by atoms with Crippen molar-refractivity contribution < 1.29 is 13.2 Å². The van der Waals surface area contributed by atoms with E-state index in [0.717, 1.165) is 19.6 Å². The minimum absolute atomic E-state index is 0.0100. The van der Waals surface area contributed by atoms with Crippen molar-refractivity contribution in [2.45, 2.75) is 37.4 Å². The van der Waals surface area contributed by atoms with E-state index in [1.165, 1.54) is 12.1 Å². The van der Waals surface area contributed by atoms with Crippen LogP contribution in [0.2, 0.25) is 15.1 Å². The van der Waals surface area contributed by atoms with E-state index in [1.807, 2.05) is 13.8 Å². The van der Waals surface area contributed by atoms with E-state index in [0.29, 0.717) is 18.0 Å². The summed E-state index contributed by atoms with van der Waals surface area (Å²) in [6.07, 6.45) is 1.07. The Labute approximate surface area is 158 Å². The lowest BCUT2D eigenvalue weighted by Crippen LogP contribution is -2.46. The maximum Gasteiger partial charge on any atom is 0.243 e. The van der Waals surface area contributed by atoms with Crippen LogP contribution < -0.4 is 4.72 Å². The lowest BCUT2D eigenvalue weighted by molar-refractivity contribution is -0.0679. The normalized spacial score (nSPS) is 22.7. The van der Waals surface area contributed by atoms with Gasteiger partial charge in [0.2, 0.25) is 10.0 Å². The van der Waals surface area contributed by atoms with E-state index in [2.05, 4.69) is 9.62 Å². The van der Waals surface area contributed by atoms with Gasteiger partial charge in [0.25, 0.3) is 0 Å². The molecule has 2 unspecified atom stereocenters. The highest BCUT2D eigenvalue weighted by atomic mass is 35.5. The van der Waals surface area contributed by atoms with Crippen LogP contribution in [0.15, 0.2) is 17.0 Å². The molecule has 0 radical (unpaired) electrons. The van der Waals surface area contributed by atoms with Gasteiger partial charge in [0, 0.05) is 24.7 Å². The molecule has 2 atom stereocenters. The van der Waals surface area contributed by atoms with Crippen LogP contribution in [0.1, 0.15) is 20.3 Å². The quantitative estimate of drug-likeness (QED) is 0.723. The fourth-order valence-electron chi connectivity index (χ4n) is 2.83. The Bertz CT molecular complexity index is 652. The van der Waals surface area contributed by atoms with Crippen molar-refractivity contribution in [1.29, 1.82) is 0 Å². The lowest BCUT2D eigenvalue weighted by Gasteiger charge is -2.35. The second kappa shape index (κ2) is 8.54. The standard InChI is InChI=1S/C15H21Cl3N2O3S/c1-10-8-20(9-11(2)23-10)5-3-4-19-24(21,22)15-13(17)6-12(16)7-14(15)18/h6-7,10-11,19H,3-5,8-9H2,1-2H3. The molecule has 9 heteroatoms. The van der Waals surface area contributed by atoms with Crippen LogP contribution in [0.3, 0.4) is 0 Å². The first-order valence-corrected chi connectivity index (χ1v) is 10.3. The van der Waals surface area contributed by atoms with Crippen molar-refractivity contribution in [2.75, 3.05) is 26.2 Å². The number of nitrogens with one attached hydrogen (secondary N) is 1. The average molecular weight is 416 g/mol. The number of benzene rings is 1.